The number of fused-ring (bicyclic) bond motifs is 2. The number of ether oxygens (including phenoxy) is 1. The van der Waals surface area contributed by atoms with Gasteiger partial charge < -0.3 is 19.5 Å². The zero-order valence-electron chi connectivity index (χ0n) is 14.9. The van der Waals surface area contributed by atoms with Gasteiger partial charge in [0, 0.05) is 16.3 Å². The van der Waals surface area contributed by atoms with Gasteiger partial charge in [0.25, 0.3) is 5.91 Å². The highest BCUT2D eigenvalue weighted by atomic mass is 16.5. The van der Waals surface area contributed by atoms with Gasteiger partial charge in [-0.1, -0.05) is 36.4 Å². The lowest BCUT2D eigenvalue weighted by Gasteiger charge is -2.07. The van der Waals surface area contributed by atoms with E-state index in [1.165, 1.54) is 6.07 Å². The van der Waals surface area contributed by atoms with E-state index in [-0.39, 0.29) is 23.6 Å². The normalized spacial score (nSPS) is 10.9. The molecular formula is C21H16N2O5. The molecule has 7 nitrogen and oxygen atoms in total. The molecule has 4 rings (SSSR count). The monoisotopic (exact) mass is 376 g/mol. The summed E-state index contributed by atoms with van der Waals surface area (Å²) in [5, 5.41) is 3.91. The molecule has 2 heterocycles. The van der Waals surface area contributed by atoms with Crippen LogP contribution in [0.4, 0.5) is 5.69 Å². The maximum absolute atomic E-state index is 12.8. The van der Waals surface area contributed by atoms with Crippen molar-refractivity contribution in [3.05, 3.63) is 76.3 Å². The van der Waals surface area contributed by atoms with E-state index in [1.54, 1.807) is 55.5 Å². The number of carbonyl (C=O) groups is 2. The number of anilines is 1. The van der Waals surface area contributed by atoms with E-state index < -0.39 is 17.5 Å². The van der Waals surface area contributed by atoms with E-state index >= 15 is 0 Å². The van der Waals surface area contributed by atoms with Crippen molar-refractivity contribution >= 4 is 39.4 Å². The number of carbonyl (C=O) groups excluding carboxylic acids is 2. The Morgan fingerprint density at radius 1 is 1.11 bits per heavy atom. The smallest absolute Gasteiger partial charge is 0.356 e. The van der Waals surface area contributed by atoms with Crippen molar-refractivity contribution in [3.8, 4) is 0 Å². The molecule has 0 aliphatic carbocycles. The second-order valence-corrected chi connectivity index (χ2v) is 6.08. The fraction of sp³-hybridized carbons (Fsp3) is 0.0952. The third kappa shape index (κ3) is 3.03. The van der Waals surface area contributed by atoms with Crippen LogP contribution in [-0.4, -0.2) is 23.5 Å². The van der Waals surface area contributed by atoms with Crippen LogP contribution in [0.2, 0.25) is 0 Å². The molecule has 0 aliphatic rings. The third-order valence-corrected chi connectivity index (χ3v) is 4.31. The first-order valence-corrected chi connectivity index (χ1v) is 8.70. The maximum atomic E-state index is 12.8. The largest absolute Gasteiger partial charge is 0.461 e. The summed E-state index contributed by atoms with van der Waals surface area (Å²) < 4.78 is 10.3. The molecule has 0 unspecified atom stereocenters. The predicted octanol–water partition coefficient (Wildman–Crippen LogP) is 3.70. The number of aromatic amines is 1. The number of benzene rings is 2. The van der Waals surface area contributed by atoms with Gasteiger partial charge in [-0.05, 0) is 25.1 Å². The summed E-state index contributed by atoms with van der Waals surface area (Å²) in [6, 6.07) is 15.5. The fourth-order valence-corrected chi connectivity index (χ4v) is 3.03. The van der Waals surface area contributed by atoms with Crippen LogP contribution in [0.15, 0.2) is 63.8 Å². The Balaban J connectivity index is 1.78. The minimum atomic E-state index is -0.756. The van der Waals surface area contributed by atoms with Gasteiger partial charge in [0.05, 0.1) is 12.3 Å². The maximum Gasteiger partial charge on any atom is 0.356 e. The van der Waals surface area contributed by atoms with Crippen molar-refractivity contribution in [3.63, 3.8) is 0 Å². The minimum Gasteiger partial charge on any atom is -0.461 e. The molecule has 0 spiro atoms. The summed E-state index contributed by atoms with van der Waals surface area (Å²) >= 11 is 0. The molecule has 1 amide bonds. The number of H-pyrrole nitrogens is 1. The Kier molecular flexibility index (Phi) is 4.41. The SMILES string of the molecule is CCOC(=O)c1[nH]c2ccccc2c1NC(=O)c1cc2ccccc2oc1=O. The van der Waals surface area contributed by atoms with E-state index in [9.17, 15) is 14.4 Å². The molecule has 140 valence electrons. The summed E-state index contributed by atoms with van der Waals surface area (Å²) in [5.74, 6) is -1.27. The van der Waals surface area contributed by atoms with Crippen LogP contribution in [-0.2, 0) is 4.74 Å². The van der Waals surface area contributed by atoms with E-state index in [4.69, 9.17) is 9.15 Å². The topological polar surface area (TPSA) is 101 Å². The molecule has 28 heavy (non-hydrogen) atoms. The zero-order valence-corrected chi connectivity index (χ0v) is 14.9. The minimum absolute atomic E-state index is 0.113. The Morgan fingerprint density at radius 3 is 2.68 bits per heavy atom. The van der Waals surface area contributed by atoms with Crippen molar-refractivity contribution < 1.29 is 18.7 Å². The highest BCUT2D eigenvalue weighted by Crippen LogP contribution is 2.28. The summed E-state index contributed by atoms with van der Waals surface area (Å²) in [6.07, 6.45) is 0. The average molecular weight is 376 g/mol. The predicted molar refractivity (Wildman–Crippen MR) is 105 cm³/mol. The van der Waals surface area contributed by atoms with Crippen LogP contribution in [0, 0.1) is 0 Å². The molecule has 2 N–H and O–H groups in total. The Bertz CT molecular complexity index is 1270. The zero-order chi connectivity index (χ0) is 19.7. The van der Waals surface area contributed by atoms with Crippen LogP contribution in [0.5, 0.6) is 0 Å². The van der Waals surface area contributed by atoms with E-state index in [0.717, 1.165) is 0 Å². The lowest BCUT2D eigenvalue weighted by atomic mass is 10.1. The van der Waals surface area contributed by atoms with Gasteiger partial charge in [-0.25, -0.2) is 9.59 Å². The molecule has 0 fully saturated rings. The Labute approximate surface area is 158 Å². The van der Waals surface area contributed by atoms with Gasteiger partial charge in [-0.3, -0.25) is 4.79 Å². The van der Waals surface area contributed by atoms with Crippen molar-refractivity contribution in [1.82, 2.24) is 4.98 Å². The first kappa shape index (κ1) is 17.5. The molecule has 0 radical (unpaired) electrons. The molecule has 2 aromatic carbocycles. The van der Waals surface area contributed by atoms with Crippen LogP contribution < -0.4 is 10.9 Å². The first-order valence-electron chi connectivity index (χ1n) is 8.70. The van der Waals surface area contributed by atoms with Crippen molar-refractivity contribution in [2.75, 3.05) is 11.9 Å². The molecule has 2 aromatic heterocycles. The first-order chi connectivity index (χ1) is 13.6. The van der Waals surface area contributed by atoms with Gasteiger partial charge in [-0.2, -0.15) is 0 Å². The quantitative estimate of drug-likeness (QED) is 0.418. The lowest BCUT2D eigenvalue weighted by molar-refractivity contribution is 0.0522. The van der Waals surface area contributed by atoms with E-state index in [0.29, 0.717) is 21.9 Å². The standard InChI is InChI=1S/C21H16N2O5/c1-2-27-21(26)18-17(13-8-4-5-9-15(13)22-18)23-19(24)14-11-12-7-3-6-10-16(12)28-20(14)25/h3-11,22H,2H2,1H3,(H,23,24). The highest BCUT2D eigenvalue weighted by molar-refractivity contribution is 6.14. The van der Waals surface area contributed by atoms with Crippen molar-refractivity contribution in [1.29, 1.82) is 0 Å². The van der Waals surface area contributed by atoms with Gasteiger partial charge in [0.2, 0.25) is 0 Å². The van der Waals surface area contributed by atoms with Gasteiger partial charge in [-0.15, -0.1) is 0 Å². The molecule has 0 saturated heterocycles. The van der Waals surface area contributed by atoms with Crippen molar-refractivity contribution in [2.24, 2.45) is 0 Å². The number of amides is 1. The number of hydrogen-bond acceptors (Lipinski definition) is 5. The molecule has 0 saturated carbocycles. The van der Waals surface area contributed by atoms with Crippen molar-refractivity contribution in [2.45, 2.75) is 6.92 Å². The van der Waals surface area contributed by atoms with Gasteiger partial charge in [0.1, 0.15) is 16.8 Å². The van der Waals surface area contributed by atoms with Crippen LogP contribution >= 0.6 is 0 Å². The number of hydrogen-bond donors (Lipinski definition) is 2. The lowest BCUT2D eigenvalue weighted by Crippen LogP contribution is -2.22. The number of aromatic nitrogens is 1. The number of esters is 1. The number of para-hydroxylation sites is 2. The van der Waals surface area contributed by atoms with E-state index in [2.05, 4.69) is 10.3 Å². The van der Waals surface area contributed by atoms with E-state index in [1.807, 2.05) is 0 Å². The Morgan fingerprint density at radius 2 is 1.86 bits per heavy atom. The molecule has 7 heteroatoms. The molecule has 0 atom stereocenters. The second kappa shape index (κ2) is 7.03. The molecular weight excluding hydrogens is 360 g/mol. The third-order valence-electron chi connectivity index (χ3n) is 4.31. The summed E-state index contributed by atoms with van der Waals surface area (Å²) in [6.45, 7) is 1.88. The van der Waals surface area contributed by atoms with Crippen LogP contribution in [0.1, 0.15) is 27.8 Å². The number of rotatable bonds is 4. The molecule has 0 aliphatic heterocycles. The number of nitrogens with one attached hydrogen (secondary N) is 2. The van der Waals surface area contributed by atoms with Gasteiger partial charge >= 0.3 is 11.6 Å². The fourth-order valence-electron chi connectivity index (χ4n) is 3.03. The Hall–Kier alpha value is -3.87. The average Bonchev–Trinajstić information content (AvgIpc) is 3.06. The summed E-state index contributed by atoms with van der Waals surface area (Å²) in [7, 11) is 0. The van der Waals surface area contributed by atoms with Crippen LogP contribution in [0.25, 0.3) is 21.9 Å². The van der Waals surface area contributed by atoms with Gasteiger partial charge in [0.15, 0.2) is 0 Å². The highest BCUT2D eigenvalue weighted by Gasteiger charge is 2.22. The second-order valence-electron chi connectivity index (χ2n) is 6.08. The van der Waals surface area contributed by atoms with Crippen LogP contribution in [0.3, 0.4) is 0 Å². The molecule has 0 bridgehead atoms. The molecule has 4 aromatic rings. The summed E-state index contributed by atoms with van der Waals surface area (Å²) in [4.78, 5) is 40.3. The summed E-state index contributed by atoms with van der Waals surface area (Å²) in [5.41, 5.74) is 0.510.